The summed E-state index contributed by atoms with van der Waals surface area (Å²) < 4.78 is 26.5. The topological polar surface area (TPSA) is 85.1 Å². The maximum atomic E-state index is 12.5. The van der Waals surface area contributed by atoms with Crippen LogP contribution in [0.4, 0.5) is 0 Å². The van der Waals surface area contributed by atoms with Crippen LogP contribution in [0.3, 0.4) is 0 Å². The fourth-order valence-electron chi connectivity index (χ4n) is 3.16. The molecule has 1 aliphatic heterocycles. The number of nitrogens with one attached hydrogen (secondary N) is 2. The first kappa shape index (κ1) is 15.4. The predicted octanol–water partition coefficient (Wildman–Crippen LogP) is 1.40. The lowest BCUT2D eigenvalue weighted by atomic mass is 10.1. The van der Waals surface area contributed by atoms with Crippen molar-refractivity contribution >= 4 is 20.9 Å². The Morgan fingerprint density at radius 2 is 1.88 bits per heavy atom. The molecule has 2 N–H and O–H groups in total. The van der Waals surface area contributed by atoms with E-state index in [2.05, 4.69) is 32.2 Å². The monoisotopic (exact) mass is 345 g/mol. The summed E-state index contributed by atoms with van der Waals surface area (Å²) in [5.41, 5.74) is 2.38. The highest BCUT2D eigenvalue weighted by molar-refractivity contribution is 7.89. The molecule has 126 valence electrons. The van der Waals surface area contributed by atoms with Crippen molar-refractivity contribution in [3.05, 3.63) is 48.3 Å². The molecule has 0 aliphatic carbocycles. The Bertz CT molecular complexity index is 924. The van der Waals surface area contributed by atoms with Gasteiger partial charge >= 0.3 is 0 Å². The van der Waals surface area contributed by atoms with Crippen LogP contribution in [0.2, 0.25) is 0 Å². The van der Waals surface area contributed by atoms with E-state index in [0.29, 0.717) is 26.2 Å². The molecule has 0 amide bonds. The van der Waals surface area contributed by atoms with Gasteiger partial charge in [0.25, 0.3) is 10.0 Å². The fraction of sp³-hybridized carbons (Fsp3) is 0.312. The van der Waals surface area contributed by atoms with Crippen molar-refractivity contribution in [3.8, 4) is 0 Å². The minimum absolute atomic E-state index is 0.160. The Morgan fingerprint density at radius 1 is 1.08 bits per heavy atom. The standard InChI is InChI=1S/C16H19N5O2S/c22-24(23,16-5-6-18-19-16)21-9-7-20(8-10-21)12-13-11-17-15-4-2-1-3-14(13)15/h1-6,11,17H,7-10,12H2,(H,18,19). The summed E-state index contributed by atoms with van der Waals surface area (Å²) >= 11 is 0. The number of fused-ring (bicyclic) bond motifs is 1. The zero-order valence-electron chi connectivity index (χ0n) is 13.1. The lowest BCUT2D eigenvalue weighted by molar-refractivity contribution is 0.182. The average Bonchev–Trinajstić information content (AvgIpc) is 3.26. The van der Waals surface area contributed by atoms with E-state index in [-0.39, 0.29) is 5.03 Å². The fourth-order valence-corrected chi connectivity index (χ4v) is 4.48. The molecule has 0 atom stereocenters. The van der Waals surface area contributed by atoms with Crippen LogP contribution in [0, 0.1) is 0 Å². The number of nitrogens with zero attached hydrogens (tertiary/aromatic N) is 3. The van der Waals surface area contributed by atoms with Crippen LogP contribution in [0.1, 0.15) is 5.56 Å². The van der Waals surface area contributed by atoms with E-state index in [0.717, 1.165) is 12.1 Å². The van der Waals surface area contributed by atoms with Crippen LogP contribution in [0.5, 0.6) is 0 Å². The highest BCUT2D eigenvalue weighted by atomic mass is 32.2. The molecular weight excluding hydrogens is 326 g/mol. The Morgan fingerprint density at radius 3 is 2.62 bits per heavy atom. The van der Waals surface area contributed by atoms with Crippen LogP contribution in [0.15, 0.2) is 47.8 Å². The smallest absolute Gasteiger partial charge is 0.260 e. The highest BCUT2D eigenvalue weighted by Crippen LogP contribution is 2.21. The summed E-state index contributed by atoms with van der Waals surface area (Å²) in [6.45, 7) is 3.23. The maximum Gasteiger partial charge on any atom is 0.260 e. The van der Waals surface area contributed by atoms with Crippen molar-refractivity contribution in [2.75, 3.05) is 26.2 Å². The summed E-state index contributed by atoms with van der Waals surface area (Å²) in [5.74, 6) is 0. The lowest BCUT2D eigenvalue weighted by Gasteiger charge is -2.33. The second-order valence-electron chi connectivity index (χ2n) is 5.96. The first-order valence-electron chi connectivity index (χ1n) is 7.91. The van der Waals surface area contributed by atoms with Crippen LogP contribution < -0.4 is 0 Å². The number of hydrogen-bond acceptors (Lipinski definition) is 4. The number of hydrogen-bond donors (Lipinski definition) is 2. The summed E-state index contributed by atoms with van der Waals surface area (Å²) in [6.07, 6.45) is 3.50. The van der Waals surface area contributed by atoms with Crippen molar-refractivity contribution in [2.45, 2.75) is 11.6 Å². The maximum absolute atomic E-state index is 12.5. The largest absolute Gasteiger partial charge is 0.361 e. The second-order valence-corrected chi connectivity index (χ2v) is 7.87. The predicted molar refractivity (Wildman–Crippen MR) is 90.9 cm³/mol. The Kier molecular flexibility index (Phi) is 3.87. The summed E-state index contributed by atoms with van der Waals surface area (Å²) in [7, 11) is -3.46. The number of sulfonamides is 1. The van der Waals surface area contributed by atoms with Gasteiger partial charge in [0.15, 0.2) is 5.03 Å². The van der Waals surface area contributed by atoms with Crippen LogP contribution >= 0.6 is 0 Å². The Hall–Kier alpha value is -2.16. The number of H-pyrrole nitrogens is 2. The van der Waals surface area contributed by atoms with Gasteiger partial charge in [-0.25, -0.2) is 8.42 Å². The van der Waals surface area contributed by atoms with Crippen molar-refractivity contribution < 1.29 is 8.42 Å². The molecule has 3 heterocycles. The quantitative estimate of drug-likeness (QED) is 0.748. The molecule has 0 unspecified atom stereocenters. The highest BCUT2D eigenvalue weighted by Gasteiger charge is 2.29. The van der Waals surface area contributed by atoms with Crippen LogP contribution in [-0.4, -0.2) is 59.0 Å². The van der Waals surface area contributed by atoms with Crippen molar-refractivity contribution in [1.29, 1.82) is 0 Å². The normalized spacial score (nSPS) is 17.5. The van der Waals surface area contributed by atoms with Gasteiger partial charge in [-0.3, -0.25) is 10.00 Å². The van der Waals surface area contributed by atoms with E-state index < -0.39 is 10.0 Å². The minimum atomic E-state index is -3.46. The third-order valence-corrected chi connectivity index (χ3v) is 6.32. The third-order valence-electron chi connectivity index (χ3n) is 4.49. The van der Waals surface area contributed by atoms with E-state index in [1.807, 2.05) is 18.3 Å². The zero-order valence-corrected chi connectivity index (χ0v) is 14.0. The van der Waals surface area contributed by atoms with E-state index in [1.54, 1.807) is 0 Å². The van der Waals surface area contributed by atoms with Crippen molar-refractivity contribution in [3.63, 3.8) is 0 Å². The van der Waals surface area contributed by atoms with Gasteiger partial charge in [-0.05, 0) is 17.7 Å². The molecular formula is C16H19N5O2S. The molecule has 0 spiro atoms. The molecule has 4 rings (SSSR count). The molecule has 7 nitrogen and oxygen atoms in total. The lowest BCUT2D eigenvalue weighted by Crippen LogP contribution is -2.48. The van der Waals surface area contributed by atoms with Gasteiger partial charge in [-0.15, -0.1) is 0 Å². The molecule has 1 saturated heterocycles. The average molecular weight is 345 g/mol. The summed E-state index contributed by atoms with van der Waals surface area (Å²) in [6, 6.07) is 9.72. The van der Waals surface area contributed by atoms with Gasteiger partial charge in [0.2, 0.25) is 0 Å². The first-order chi connectivity index (χ1) is 11.6. The van der Waals surface area contributed by atoms with Gasteiger partial charge < -0.3 is 4.98 Å². The van der Waals surface area contributed by atoms with E-state index in [4.69, 9.17) is 0 Å². The van der Waals surface area contributed by atoms with Gasteiger partial charge in [0.05, 0.1) is 6.20 Å². The van der Waals surface area contributed by atoms with Crippen LogP contribution in [0.25, 0.3) is 10.9 Å². The minimum Gasteiger partial charge on any atom is -0.361 e. The van der Waals surface area contributed by atoms with E-state index in [9.17, 15) is 8.42 Å². The van der Waals surface area contributed by atoms with Gasteiger partial charge in [-0.1, -0.05) is 18.2 Å². The number of aromatic nitrogens is 3. The molecule has 1 aromatic carbocycles. The first-order valence-corrected chi connectivity index (χ1v) is 9.35. The zero-order chi connectivity index (χ0) is 16.6. The summed E-state index contributed by atoms with van der Waals surface area (Å²) in [5, 5.41) is 7.66. The van der Waals surface area contributed by atoms with Crippen LogP contribution in [-0.2, 0) is 16.6 Å². The molecule has 2 aromatic heterocycles. The SMILES string of the molecule is O=S(=O)(c1ccn[nH]1)N1CCN(Cc2c[nH]c3ccccc23)CC1. The second kappa shape index (κ2) is 6.04. The van der Waals surface area contributed by atoms with Gasteiger partial charge in [0.1, 0.15) is 0 Å². The molecule has 8 heteroatoms. The molecule has 0 bridgehead atoms. The van der Waals surface area contributed by atoms with Crippen molar-refractivity contribution in [2.24, 2.45) is 0 Å². The molecule has 1 aliphatic rings. The van der Waals surface area contributed by atoms with E-state index >= 15 is 0 Å². The number of piperazine rings is 1. The number of para-hydroxylation sites is 1. The number of aromatic amines is 2. The third kappa shape index (κ3) is 2.72. The Labute approximate surface area is 140 Å². The van der Waals surface area contributed by atoms with Crippen molar-refractivity contribution in [1.82, 2.24) is 24.4 Å². The molecule has 3 aromatic rings. The Balaban J connectivity index is 1.43. The molecule has 1 fully saturated rings. The van der Waals surface area contributed by atoms with E-state index in [1.165, 1.54) is 27.5 Å². The summed E-state index contributed by atoms with van der Waals surface area (Å²) in [4.78, 5) is 5.57. The number of rotatable bonds is 4. The molecule has 0 saturated carbocycles. The molecule has 0 radical (unpaired) electrons. The van der Waals surface area contributed by atoms with Gasteiger partial charge in [0, 0.05) is 49.8 Å². The number of benzene rings is 1. The van der Waals surface area contributed by atoms with Gasteiger partial charge in [-0.2, -0.15) is 9.40 Å². The molecule has 24 heavy (non-hydrogen) atoms.